The molecule has 0 bridgehead atoms. The molecule has 1 aliphatic heterocycles. The molecule has 0 saturated carbocycles. The van der Waals surface area contributed by atoms with Gasteiger partial charge in [0.05, 0.1) is 0 Å². The standard InChI is InChI=1S/C8H16NO.2C6H13.Al/c1-7(10)8-4-3-5-9(2)6-8;2*1-3-5-6-4-2;/h7-8H,3-6H2,1-2H3;2*1,3-6H2,2H3;/q-1;;;+1. The van der Waals surface area contributed by atoms with Crippen molar-refractivity contribution in [3.63, 3.8) is 0 Å². The van der Waals surface area contributed by atoms with Gasteiger partial charge in [-0.3, -0.25) is 0 Å². The number of piperidine rings is 1. The molecule has 0 N–H and O–H groups in total. The quantitative estimate of drug-likeness (QED) is 0.307. The van der Waals surface area contributed by atoms with Gasteiger partial charge < -0.3 is 8.69 Å². The molecule has 0 amide bonds. The summed E-state index contributed by atoms with van der Waals surface area (Å²) in [5.41, 5.74) is 0. The average Bonchev–Trinajstić information content (AvgIpc) is 2.55. The lowest BCUT2D eigenvalue weighted by Crippen LogP contribution is -2.40. The molecule has 23 heavy (non-hydrogen) atoms. The van der Waals surface area contributed by atoms with Crippen LogP contribution in [0.2, 0.25) is 10.6 Å². The minimum atomic E-state index is -0.987. The van der Waals surface area contributed by atoms with Crippen LogP contribution >= 0.6 is 0 Å². The van der Waals surface area contributed by atoms with Gasteiger partial charge in [0.25, 0.3) is 0 Å². The van der Waals surface area contributed by atoms with Crippen molar-refractivity contribution in [3.8, 4) is 0 Å². The van der Waals surface area contributed by atoms with Crippen LogP contribution in [0.4, 0.5) is 0 Å². The third-order valence-corrected chi connectivity index (χ3v) is 8.41. The van der Waals surface area contributed by atoms with E-state index in [1.165, 1.54) is 87.9 Å². The zero-order valence-electron chi connectivity index (χ0n) is 16.5. The highest BCUT2D eigenvalue weighted by Crippen LogP contribution is 2.24. The molecule has 0 aromatic rings. The van der Waals surface area contributed by atoms with Crippen molar-refractivity contribution < 1.29 is 3.79 Å². The van der Waals surface area contributed by atoms with E-state index in [9.17, 15) is 0 Å². The Hall–Kier alpha value is 0.452. The number of hydrogen-bond donors (Lipinski definition) is 0. The molecule has 0 aliphatic carbocycles. The topological polar surface area (TPSA) is 12.5 Å². The fraction of sp³-hybridized carbons (Fsp3) is 1.00. The summed E-state index contributed by atoms with van der Waals surface area (Å²) in [6, 6.07) is 0. The molecule has 2 nitrogen and oxygen atoms in total. The van der Waals surface area contributed by atoms with E-state index in [-0.39, 0.29) is 0 Å². The Morgan fingerprint density at radius 1 is 1.00 bits per heavy atom. The number of likely N-dealkylation sites (tertiary alicyclic amines) is 1. The Kier molecular flexibility index (Phi) is 12.8. The molecule has 0 spiro atoms. The molecular formula is C20H42AlNO. The van der Waals surface area contributed by atoms with Gasteiger partial charge in [-0.15, -0.1) is 0 Å². The van der Waals surface area contributed by atoms with Gasteiger partial charge >= 0.3 is 14.5 Å². The van der Waals surface area contributed by atoms with Crippen LogP contribution in [0, 0.1) is 5.92 Å². The van der Waals surface area contributed by atoms with E-state index < -0.39 is 14.5 Å². The predicted octanol–water partition coefficient (Wildman–Crippen LogP) is 5.89. The number of unbranched alkanes of at least 4 members (excludes halogenated alkanes) is 6. The van der Waals surface area contributed by atoms with Gasteiger partial charge in [0.2, 0.25) is 0 Å². The largest absolute Gasteiger partial charge is 0.498 e. The van der Waals surface area contributed by atoms with E-state index >= 15 is 0 Å². The van der Waals surface area contributed by atoms with Gasteiger partial charge in [0, 0.05) is 12.6 Å². The Bertz CT molecular complexity index is 262. The molecule has 3 heteroatoms. The maximum absolute atomic E-state index is 6.71. The summed E-state index contributed by atoms with van der Waals surface area (Å²) in [5.74, 6) is 0.773. The van der Waals surface area contributed by atoms with Crippen LogP contribution in [-0.4, -0.2) is 45.6 Å². The fourth-order valence-corrected chi connectivity index (χ4v) is 6.76. The van der Waals surface area contributed by atoms with Crippen molar-refractivity contribution in [1.29, 1.82) is 0 Å². The van der Waals surface area contributed by atoms with E-state index in [0.29, 0.717) is 6.10 Å². The molecule has 2 atom stereocenters. The zero-order chi connectivity index (χ0) is 16.9. The van der Waals surface area contributed by atoms with Crippen molar-refractivity contribution in [1.82, 2.24) is 4.90 Å². The van der Waals surface area contributed by atoms with Crippen LogP contribution in [0.5, 0.6) is 0 Å². The Balaban J connectivity index is 2.35. The molecule has 136 valence electrons. The highest BCUT2D eigenvalue weighted by molar-refractivity contribution is 6.51. The van der Waals surface area contributed by atoms with Crippen molar-refractivity contribution in [3.05, 3.63) is 0 Å². The normalized spacial score (nSPS) is 20.6. The van der Waals surface area contributed by atoms with E-state index in [0.717, 1.165) is 5.92 Å². The summed E-state index contributed by atoms with van der Waals surface area (Å²) in [4.78, 5) is 2.49. The van der Waals surface area contributed by atoms with Crippen LogP contribution < -0.4 is 0 Å². The van der Waals surface area contributed by atoms with Crippen LogP contribution in [0.15, 0.2) is 0 Å². The van der Waals surface area contributed by atoms with E-state index in [1.54, 1.807) is 0 Å². The number of hydrogen-bond acceptors (Lipinski definition) is 2. The molecule has 1 heterocycles. The van der Waals surface area contributed by atoms with E-state index in [4.69, 9.17) is 3.79 Å². The Morgan fingerprint density at radius 2 is 1.61 bits per heavy atom. The molecule has 0 aromatic heterocycles. The minimum Gasteiger partial charge on any atom is -0.498 e. The van der Waals surface area contributed by atoms with Crippen molar-refractivity contribution in [2.24, 2.45) is 5.92 Å². The first-order valence-corrected chi connectivity index (χ1v) is 12.6. The molecular weight excluding hydrogens is 297 g/mol. The second kappa shape index (κ2) is 13.7. The van der Waals surface area contributed by atoms with Gasteiger partial charge in [-0.25, -0.2) is 0 Å². The second-order valence-corrected chi connectivity index (χ2v) is 10.5. The van der Waals surface area contributed by atoms with Crippen molar-refractivity contribution in [2.75, 3.05) is 20.1 Å². The Morgan fingerprint density at radius 3 is 2.13 bits per heavy atom. The number of rotatable bonds is 13. The summed E-state index contributed by atoms with van der Waals surface area (Å²) < 4.78 is 6.71. The second-order valence-electron chi connectivity index (χ2n) is 7.83. The molecule has 1 saturated heterocycles. The van der Waals surface area contributed by atoms with Crippen molar-refractivity contribution >= 4 is 14.5 Å². The molecule has 1 rings (SSSR count). The minimum absolute atomic E-state index is 0.492. The lowest BCUT2D eigenvalue weighted by molar-refractivity contribution is 0.0876. The smallest absolute Gasteiger partial charge is 0.460 e. The highest BCUT2D eigenvalue weighted by Gasteiger charge is 2.28. The summed E-state index contributed by atoms with van der Waals surface area (Å²) in [5, 5.41) is 2.83. The summed E-state index contributed by atoms with van der Waals surface area (Å²) >= 11 is -0.987. The molecule has 2 unspecified atom stereocenters. The van der Waals surface area contributed by atoms with Crippen molar-refractivity contribution in [2.45, 2.75) is 102 Å². The maximum Gasteiger partial charge on any atom is 0.460 e. The third kappa shape index (κ3) is 10.1. The first kappa shape index (κ1) is 21.5. The lowest BCUT2D eigenvalue weighted by Gasteiger charge is -2.35. The van der Waals surface area contributed by atoms with E-state index in [2.05, 4.69) is 32.7 Å². The van der Waals surface area contributed by atoms with Gasteiger partial charge in [0.1, 0.15) is 0 Å². The molecule has 0 radical (unpaired) electrons. The number of nitrogens with zero attached hydrogens (tertiary/aromatic N) is 1. The first-order chi connectivity index (χ1) is 11.2. The Labute approximate surface area is 151 Å². The average molecular weight is 340 g/mol. The van der Waals surface area contributed by atoms with Crippen LogP contribution in [-0.2, 0) is 3.79 Å². The zero-order valence-corrected chi connectivity index (χ0v) is 17.6. The predicted molar refractivity (Wildman–Crippen MR) is 104 cm³/mol. The highest BCUT2D eigenvalue weighted by atomic mass is 27.2. The van der Waals surface area contributed by atoms with Gasteiger partial charge in [0.15, 0.2) is 0 Å². The lowest BCUT2D eigenvalue weighted by atomic mass is 9.94. The molecule has 1 aliphatic rings. The fourth-order valence-electron chi connectivity index (χ4n) is 3.88. The van der Waals surface area contributed by atoms with Crippen LogP contribution in [0.1, 0.15) is 85.0 Å². The van der Waals surface area contributed by atoms with E-state index in [1.807, 2.05) is 0 Å². The van der Waals surface area contributed by atoms with Gasteiger partial charge in [-0.2, -0.15) is 0 Å². The monoisotopic (exact) mass is 339 g/mol. The first-order valence-electron chi connectivity index (χ1n) is 10.5. The van der Waals surface area contributed by atoms with Crippen LogP contribution in [0.3, 0.4) is 0 Å². The maximum atomic E-state index is 6.71. The SMILES string of the molecule is CCCCC[CH2][Al]([CH2]CCCCC)[O]C(C)C1CCCN(C)C1. The summed E-state index contributed by atoms with van der Waals surface area (Å²) in [6.07, 6.45) is 14.4. The van der Waals surface area contributed by atoms with Crippen LogP contribution in [0.25, 0.3) is 0 Å². The van der Waals surface area contributed by atoms with Gasteiger partial charge in [-0.05, 0) is 39.3 Å². The molecule has 0 aromatic carbocycles. The van der Waals surface area contributed by atoms with Gasteiger partial charge in [-0.1, -0.05) is 75.8 Å². The molecule has 1 fully saturated rings. The third-order valence-electron chi connectivity index (χ3n) is 5.49. The summed E-state index contributed by atoms with van der Waals surface area (Å²) in [6.45, 7) is 9.49. The summed E-state index contributed by atoms with van der Waals surface area (Å²) in [7, 11) is 2.27.